The Morgan fingerprint density at radius 1 is 1.21 bits per heavy atom. The summed E-state index contributed by atoms with van der Waals surface area (Å²) in [5.74, 6) is 0.530. The van der Waals surface area contributed by atoms with E-state index >= 15 is 0 Å². The Labute approximate surface area is 138 Å². The number of aliphatic hydroxyl groups is 1. The first kappa shape index (κ1) is 16.9. The van der Waals surface area contributed by atoms with Crippen molar-refractivity contribution >= 4 is 11.0 Å². The lowest BCUT2D eigenvalue weighted by molar-refractivity contribution is -0.260. The van der Waals surface area contributed by atoms with Gasteiger partial charge >= 0.3 is 5.63 Å². The molecule has 1 aromatic heterocycles. The van der Waals surface area contributed by atoms with Crippen molar-refractivity contribution in [2.24, 2.45) is 0 Å². The molecule has 0 amide bonds. The molecule has 0 bridgehead atoms. The Kier molecular flexibility index (Phi) is 4.86. The van der Waals surface area contributed by atoms with Crippen LogP contribution in [0.3, 0.4) is 0 Å². The van der Waals surface area contributed by atoms with Gasteiger partial charge in [0.15, 0.2) is 12.4 Å². The molecule has 2 aromatic rings. The van der Waals surface area contributed by atoms with Crippen molar-refractivity contribution in [2.45, 2.75) is 31.5 Å². The van der Waals surface area contributed by atoms with Gasteiger partial charge in [0.2, 0.25) is 0 Å². The van der Waals surface area contributed by atoms with Crippen molar-refractivity contribution in [1.82, 2.24) is 0 Å². The van der Waals surface area contributed by atoms with Crippen LogP contribution in [0.2, 0.25) is 0 Å². The third kappa shape index (κ3) is 3.16. The van der Waals surface area contributed by atoms with E-state index in [9.17, 15) is 9.90 Å². The summed E-state index contributed by atoms with van der Waals surface area (Å²) < 4.78 is 26.9. The maximum Gasteiger partial charge on any atom is 0.336 e. The molecule has 3 rings (SSSR count). The standard InChI is InChI=1S/C17H20O7/c1-9-6-14(18)24-12-5-4-10(7-11(9)12)23-16-13(20-2)8-22-17(21-3)15(16)19/h4-7,13,15-17,19H,8H2,1-3H3/t13-,15?,16-,17-/m1/s1. The molecule has 1 fully saturated rings. The molecular formula is C17H20O7. The Bertz CT molecular complexity index is 769. The fourth-order valence-electron chi connectivity index (χ4n) is 2.84. The van der Waals surface area contributed by atoms with Crippen molar-refractivity contribution in [3.8, 4) is 5.75 Å². The zero-order valence-electron chi connectivity index (χ0n) is 13.7. The van der Waals surface area contributed by atoms with E-state index in [0.717, 1.165) is 10.9 Å². The highest BCUT2D eigenvalue weighted by molar-refractivity contribution is 5.81. The van der Waals surface area contributed by atoms with E-state index in [1.54, 1.807) is 18.2 Å². The van der Waals surface area contributed by atoms with E-state index in [1.165, 1.54) is 20.3 Å². The minimum Gasteiger partial charge on any atom is -0.485 e. The smallest absolute Gasteiger partial charge is 0.336 e. The predicted molar refractivity (Wildman–Crippen MR) is 85.2 cm³/mol. The average molecular weight is 336 g/mol. The second kappa shape index (κ2) is 6.90. The third-order valence-corrected chi connectivity index (χ3v) is 4.13. The van der Waals surface area contributed by atoms with Crippen LogP contribution in [-0.4, -0.2) is 50.5 Å². The number of hydrogen-bond acceptors (Lipinski definition) is 7. The van der Waals surface area contributed by atoms with E-state index in [0.29, 0.717) is 11.3 Å². The maximum absolute atomic E-state index is 11.4. The van der Waals surface area contributed by atoms with E-state index in [4.69, 9.17) is 23.4 Å². The topological polar surface area (TPSA) is 87.4 Å². The largest absolute Gasteiger partial charge is 0.485 e. The highest BCUT2D eigenvalue weighted by atomic mass is 16.7. The fourth-order valence-corrected chi connectivity index (χ4v) is 2.84. The molecule has 0 radical (unpaired) electrons. The molecule has 130 valence electrons. The Hall–Kier alpha value is -1.93. The van der Waals surface area contributed by atoms with Crippen molar-refractivity contribution in [3.05, 3.63) is 40.2 Å². The first-order chi connectivity index (χ1) is 11.5. The first-order valence-electron chi connectivity index (χ1n) is 7.60. The molecule has 1 aliphatic heterocycles. The number of hydrogen-bond donors (Lipinski definition) is 1. The number of benzene rings is 1. The Morgan fingerprint density at radius 2 is 2.00 bits per heavy atom. The van der Waals surface area contributed by atoms with E-state index < -0.39 is 30.2 Å². The molecule has 2 heterocycles. The summed E-state index contributed by atoms with van der Waals surface area (Å²) in [6, 6.07) is 6.54. The van der Waals surface area contributed by atoms with Gasteiger partial charge in [0.25, 0.3) is 0 Å². The quantitative estimate of drug-likeness (QED) is 0.840. The number of rotatable bonds is 4. The molecule has 1 saturated heterocycles. The summed E-state index contributed by atoms with van der Waals surface area (Å²) in [4.78, 5) is 11.4. The zero-order chi connectivity index (χ0) is 17.3. The highest BCUT2D eigenvalue weighted by Crippen LogP contribution is 2.27. The lowest BCUT2D eigenvalue weighted by atomic mass is 10.0. The van der Waals surface area contributed by atoms with E-state index in [2.05, 4.69) is 0 Å². The van der Waals surface area contributed by atoms with E-state index in [1.807, 2.05) is 6.92 Å². The lowest BCUT2D eigenvalue weighted by Gasteiger charge is -2.38. The van der Waals surface area contributed by atoms with Crippen molar-refractivity contribution < 1.29 is 28.5 Å². The number of methoxy groups -OCH3 is 2. The number of aliphatic hydroxyl groups excluding tert-OH is 1. The summed E-state index contributed by atoms with van der Waals surface area (Å²) in [5, 5.41) is 11.2. The molecule has 0 aliphatic carbocycles. The second-order valence-corrected chi connectivity index (χ2v) is 5.69. The minimum absolute atomic E-state index is 0.248. The SMILES string of the molecule is CO[C@@H]1OC[C@@H](OC)[C@@H](Oc2ccc3oc(=O)cc(C)c3c2)C1O. The van der Waals surface area contributed by atoms with Gasteiger partial charge in [-0.2, -0.15) is 0 Å². The zero-order valence-corrected chi connectivity index (χ0v) is 13.7. The van der Waals surface area contributed by atoms with Gasteiger partial charge in [-0.15, -0.1) is 0 Å². The molecule has 7 heteroatoms. The van der Waals surface area contributed by atoms with Crippen LogP contribution >= 0.6 is 0 Å². The molecular weight excluding hydrogens is 316 g/mol. The molecule has 7 nitrogen and oxygen atoms in total. The summed E-state index contributed by atoms with van der Waals surface area (Å²) in [6.07, 6.45) is -2.86. The van der Waals surface area contributed by atoms with Gasteiger partial charge in [0.1, 0.15) is 23.5 Å². The molecule has 1 aliphatic rings. The highest BCUT2D eigenvalue weighted by Gasteiger charge is 2.41. The van der Waals surface area contributed by atoms with Gasteiger partial charge in [-0.1, -0.05) is 0 Å². The normalized spacial score (nSPS) is 27.3. The Morgan fingerprint density at radius 3 is 2.71 bits per heavy atom. The van der Waals surface area contributed by atoms with Crippen molar-refractivity contribution in [1.29, 1.82) is 0 Å². The van der Waals surface area contributed by atoms with Gasteiger partial charge in [0, 0.05) is 25.7 Å². The molecule has 0 saturated carbocycles. The summed E-state index contributed by atoms with van der Waals surface area (Å²) in [5.41, 5.74) is 0.881. The van der Waals surface area contributed by atoms with Crippen LogP contribution in [0.4, 0.5) is 0 Å². The van der Waals surface area contributed by atoms with Crippen LogP contribution < -0.4 is 10.4 Å². The van der Waals surface area contributed by atoms with Gasteiger partial charge in [-0.05, 0) is 30.7 Å². The molecule has 1 aromatic carbocycles. The number of fused-ring (bicyclic) bond motifs is 1. The summed E-state index contributed by atoms with van der Waals surface area (Å²) in [7, 11) is 2.99. The second-order valence-electron chi connectivity index (χ2n) is 5.69. The van der Waals surface area contributed by atoms with Crippen LogP contribution in [0.5, 0.6) is 5.75 Å². The summed E-state index contributed by atoms with van der Waals surface area (Å²) in [6.45, 7) is 2.07. The van der Waals surface area contributed by atoms with Crippen molar-refractivity contribution in [3.63, 3.8) is 0 Å². The van der Waals surface area contributed by atoms with E-state index in [-0.39, 0.29) is 6.61 Å². The van der Waals surface area contributed by atoms with Crippen LogP contribution in [0.1, 0.15) is 5.56 Å². The third-order valence-electron chi connectivity index (χ3n) is 4.13. The van der Waals surface area contributed by atoms with Crippen LogP contribution in [0.25, 0.3) is 11.0 Å². The Balaban J connectivity index is 1.91. The predicted octanol–water partition coefficient (Wildman–Crippen LogP) is 1.23. The van der Waals surface area contributed by atoms with Gasteiger partial charge in [-0.25, -0.2) is 4.79 Å². The van der Waals surface area contributed by atoms with Crippen LogP contribution in [0.15, 0.2) is 33.5 Å². The maximum atomic E-state index is 11.4. The van der Waals surface area contributed by atoms with Crippen LogP contribution in [-0.2, 0) is 14.2 Å². The lowest BCUT2D eigenvalue weighted by Crippen LogP contribution is -2.56. The minimum atomic E-state index is -1.00. The summed E-state index contributed by atoms with van der Waals surface area (Å²) >= 11 is 0. The van der Waals surface area contributed by atoms with Gasteiger partial charge in [0.05, 0.1) is 6.61 Å². The fraction of sp³-hybridized carbons (Fsp3) is 0.471. The monoisotopic (exact) mass is 336 g/mol. The average Bonchev–Trinajstić information content (AvgIpc) is 2.57. The number of ether oxygens (including phenoxy) is 4. The molecule has 24 heavy (non-hydrogen) atoms. The van der Waals surface area contributed by atoms with Crippen LogP contribution in [0, 0.1) is 6.92 Å². The van der Waals surface area contributed by atoms with Crippen molar-refractivity contribution in [2.75, 3.05) is 20.8 Å². The molecule has 0 spiro atoms. The van der Waals surface area contributed by atoms with Gasteiger partial charge < -0.3 is 28.5 Å². The first-order valence-corrected chi connectivity index (χ1v) is 7.60. The molecule has 4 atom stereocenters. The molecule has 1 N–H and O–H groups in total. The van der Waals surface area contributed by atoms with Gasteiger partial charge in [-0.3, -0.25) is 0 Å². The molecule has 1 unspecified atom stereocenters. The number of aryl methyl sites for hydroxylation is 1.